The van der Waals surface area contributed by atoms with E-state index in [9.17, 15) is 14.9 Å². The summed E-state index contributed by atoms with van der Waals surface area (Å²) >= 11 is 0. The van der Waals surface area contributed by atoms with E-state index in [0.717, 1.165) is 6.08 Å². The lowest BCUT2D eigenvalue weighted by atomic mass is 10.6. The average molecular weight is 116 g/mol. The summed E-state index contributed by atoms with van der Waals surface area (Å²) in [5.74, 6) is 0. The summed E-state index contributed by atoms with van der Waals surface area (Å²) < 4.78 is 0. The summed E-state index contributed by atoms with van der Waals surface area (Å²) in [7, 11) is 0. The van der Waals surface area contributed by atoms with Crippen LogP contribution in [-0.4, -0.2) is 17.2 Å². The van der Waals surface area contributed by atoms with E-state index >= 15 is 0 Å². The minimum Gasteiger partial charge on any atom is -0.262 e. The van der Waals surface area contributed by atoms with Crippen molar-refractivity contribution in [1.82, 2.24) is 0 Å². The van der Waals surface area contributed by atoms with E-state index in [1.807, 2.05) is 0 Å². The van der Waals surface area contributed by atoms with Crippen LogP contribution in [0.5, 0.6) is 0 Å². The molecule has 0 bridgehead atoms. The van der Waals surface area contributed by atoms with Crippen molar-refractivity contribution in [3.8, 4) is 0 Å². The van der Waals surface area contributed by atoms with Crippen molar-refractivity contribution in [3.63, 3.8) is 0 Å². The Balaban J connectivity index is 3.82. The Morgan fingerprint density at radius 1 is 1.88 bits per heavy atom. The fourth-order valence-corrected chi connectivity index (χ4v) is 0.123. The molecular weight excluding hydrogens is 112 g/mol. The Hall–Kier alpha value is -1.22. The van der Waals surface area contributed by atoms with E-state index in [1.165, 1.54) is 6.92 Å². The van der Waals surface area contributed by atoms with Gasteiger partial charge in [-0.25, -0.2) is 4.79 Å². The summed E-state index contributed by atoms with van der Waals surface area (Å²) in [5.41, 5.74) is 0. The SMILES string of the molecule is CC(N=C=O)[N+](=O)[O-]. The monoisotopic (exact) mass is 116 g/mol. The van der Waals surface area contributed by atoms with Crippen LogP contribution in [0.3, 0.4) is 0 Å². The quantitative estimate of drug-likeness (QED) is 0.219. The Bertz CT molecular complexity index is 135. The molecule has 0 heterocycles. The maximum Gasteiger partial charge on any atom is 0.311 e. The third kappa shape index (κ3) is 2.04. The average Bonchev–Trinajstić information content (AvgIpc) is 1.67. The molecule has 0 aliphatic carbocycles. The number of hydrogen-bond donors (Lipinski definition) is 0. The molecule has 0 aromatic carbocycles. The number of nitrogens with zero attached hydrogens (tertiary/aromatic N) is 2. The molecule has 1 unspecified atom stereocenters. The van der Waals surface area contributed by atoms with Gasteiger partial charge in [-0.05, 0) is 0 Å². The highest BCUT2D eigenvalue weighted by molar-refractivity contribution is 5.32. The van der Waals surface area contributed by atoms with Crippen LogP contribution in [0.15, 0.2) is 4.99 Å². The lowest BCUT2D eigenvalue weighted by molar-refractivity contribution is -0.515. The summed E-state index contributed by atoms with van der Waals surface area (Å²) in [5, 5.41) is 9.62. The summed E-state index contributed by atoms with van der Waals surface area (Å²) in [4.78, 5) is 21.1. The van der Waals surface area contributed by atoms with Crippen LogP contribution in [0, 0.1) is 10.1 Å². The standard InChI is InChI=1S/C3H4N2O3/c1-3(4-2-6)5(7)8/h3H,1H3. The number of nitro groups is 1. The van der Waals surface area contributed by atoms with Gasteiger partial charge in [0.15, 0.2) is 0 Å². The Morgan fingerprint density at radius 3 is 2.50 bits per heavy atom. The van der Waals surface area contributed by atoms with Crippen molar-refractivity contribution in [1.29, 1.82) is 0 Å². The molecule has 0 radical (unpaired) electrons. The van der Waals surface area contributed by atoms with Crippen molar-refractivity contribution >= 4 is 6.08 Å². The first-order valence-corrected chi connectivity index (χ1v) is 1.89. The van der Waals surface area contributed by atoms with Crippen LogP contribution >= 0.6 is 0 Å². The molecule has 0 saturated heterocycles. The molecule has 0 aromatic rings. The first kappa shape index (κ1) is 6.78. The van der Waals surface area contributed by atoms with Gasteiger partial charge in [0.2, 0.25) is 6.08 Å². The molecule has 0 N–H and O–H groups in total. The molecule has 0 aliphatic heterocycles. The molecule has 44 valence electrons. The van der Waals surface area contributed by atoms with Crippen molar-refractivity contribution < 1.29 is 9.72 Å². The topological polar surface area (TPSA) is 72.6 Å². The third-order valence-corrected chi connectivity index (χ3v) is 0.545. The predicted molar refractivity (Wildman–Crippen MR) is 24.6 cm³/mol. The van der Waals surface area contributed by atoms with Crippen LogP contribution < -0.4 is 0 Å². The van der Waals surface area contributed by atoms with Crippen molar-refractivity contribution in [2.75, 3.05) is 0 Å². The molecule has 1 atom stereocenters. The third-order valence-electron chi connectivity index (χ3n) is 0.545. The van der Waals surface area contributed by atoms with Crippen LogP contribution in [0.1, 0.15) is 6.92 Å². The van der Waals surface area contributed by atoms with E-state index < -0.39 is 11.1 Å². The van der Waals surface area contributed by atoms with Gasteiger partial charge in [-0.3, -0.25) is 10.1 Å². The second kappa shape index (κ2) is 2.87. The Kier molecular flexibility index (Phi) is 2.43. The zero-order valence-electron chi connectivity index (χ0n) is 4.20. The molecule has 0 rings (SSSR count). The van der Waals surface area contributed by atoms with Crippen molar-refractivity contribution in [2.45, 2.75) is 13.1 Å². The first-order valence-electron chi connectivity index (χ1n) is 1.89. The van der Waals surface area contributed by atoms with Gasteiger partial charge in [-0.15, -0.1) is 4.99 Å². The van der Waals surface area contributed by atoms with E-state index in [0.29, 0.717) is 0 Å². The van der Waals surface area contributed by atoms with Gasteiger partial charge in [-0.2, -0.15) is 0 Å². The summed E-state index contributed by atoms with van der Waals surface area (Å²) in [6.45, 7) is 1.20. The molecule has 5 heteroatoms. The maximum atomic E-state index is 9.62. The molecule has 0 aliphatic rings. The minimum absolute atomic E-state index is 0.676. The highest BCUT2D eigenvalue weighted by atomic mass is 16.6. The van der Waals surface area contributed by atoms with E-state index in [4.69, 9.17) is 0 Å². The number of rotatable bonds is 2. The molecular formula is C3H4N2O3. The zero-order chi connectivity index (χ0) is 6.57. The van der Waals surface area contributed by atoms with Crippen LogP contribution in [-0.2, 0) is 4.79 Å². The van der Waals surface area contributed by atoms with Gasteiger partial charge < -0.3 is 0 Å². The molecule has 5 nitrogen and oxygen atoms in total. The highest BCUT2D eigenvalue weighted by Crippen LogP contribution is 1.85. The fraction of sp³-hybridized carbons (Fsp3) is 0.667. The predicted octanol–water partition coefficient (Wildman–Crippen LogP) is -0.0551. The first-order chi connectivity index (χ1) is 3.68. The van der Waals surface area contributed by atoms with Gasteiger partial charge in [0.1, 0.15) is 0 Å². The number of aliphatic imine (C=N–C) groups is 1. The van der Waals surface area contributed by atoms with Gasteiger partial charge in [0.25, 0.3) is 0 Å². The van der Waals surface area contributed by atoms with Crippen LogP contribution in [0.2, 0.25) is 0 Å². The van der Waals surface area contributed by atoms with Crippen LogP contribution in [0.4, 0.5) is 0 Å². The normalized spacial score (nSPS) is 11.6. The van der Waals surface area contributed by atoms with Gasteiger partial charge in [-0.1, -0.05) is 0 Å². The molecule has 0 aromatic heterocycles. The van der Waals surface area contributed by atoms with Crippen molar-refractivity contribution in [3.05, 3.63) is 10.1 Å². The Labute approximate surface area is 45.2 Å². The number of carbonyl (C=O) groups excluding carboxylic acids is 1. The second-order valence-corrected chi connectivity index (χ2v) is 1.14. The number of isocyanates is 1. The fourth-order valence-electron chi connectivity index (χ4n) is 0.123. The smallest absolute Gasteiger partial charge is 0.262 e. The molecule has 0 saturated carbocycles. The molecule has 0 fully saturated rings. The van der Waals surface area contributed by atoms with Crippen LogP contribution in [0.25, 0.3) is 0 Å². The largest absolute Gasteiger partial charge is 0.311 e. The van der Waals surface area contributed by atoms with E-state index in [1.54, 1.807) is 0 Å². The zero-order valence-corrected chi connectivity index (χ0v) is 4.20. The van der Waals surface area contributed by atoms with Gasteiger partial charge in [0.05, 0.1) is 0 Å². The lowest BCUT2D eigenvalue weighted by Gasteiger charge is -1.88. The van der Waals surface area contributed by atoms with E-state index in [-0.39, 0.29) is 0 Å². The molecule has 8 heavy (non-hydrogen) atoms. The molecule has 0 spiro atoms. The number of hydrogen-bond acceptors (Lipinski definition) is 4. The van der Waals surface area contributed by atoms with Gasteiger partial charge in [0, 0.05) is 11.8 Å². The second-order valence-electron chi connectivity index (χ2n) is 1.14. The van der Waals surface area contributed by atoms with Crippen molar-refractivity contribution in [2.24, 2.45) is 4.99 Å². The maximum absolute atomic E-state index is 9.62. The highest BCUT2D eigenvalue weighted by Gasteiger charge is 2.07. The minimum atomic E-state index is -1.16. The summed E-state index contributed by atoms with van der Waals surface area (Å²) in [6.07, 6.45) is -0.0776. The van der Waals surface area contributed by atoms with Gasteiger partial charge >= 0.3 is 6.17 Å². The summed E-state index contributed by atoms with van der Waals surface area (Å²) in [6, 6.07) is 0. The van der Waals surface area contributed by atoms with E-state index in [2.05, 4.69) is 4.99 Å². The molecule has 0 amide bonds. The lowest BCUT2D eigenvalue weighted by Crippen LogP contribution is -2.10. The Morgan fingerprint density at radius 2 is 2.38 bits per heavy atom.